The minimum atomic E-state index is -4.76. The van der Waals surface area contributed by atoms with Crippen LogP contribution in [0.1, 0.15) is 5.56 Å². The Hall–Kier alpha value is -1.76. The fourth-order valence-electron chi connectivity index (χ4n) is 1.49. The largest absolute Gasteiger partial charge is 0.497 e. The molecular formula is C12H14F3NO3. The van der Waals surface area contributed by atoms with Crippen molar-refractivity contribution in [3.8, 4) is 5.75 Å². The molecule has 0 aliphatic heterocycles. The van der Waals surface area contributed by atoms with Crippen LogP contribution in [-0.2, 0) is 11.3 Å². The molecule has 1 rings (SSSR count). The van der Waals surface area contributed by atoms with Crippen molar-refractivity contribution in [3.05, 3.63) is 29.8 Å². The van der Waals surface area contributed by atoms with Gasteiger partial charge in [0.15, 0.2) is 5.92 Å². The van der Waals surface area contributed by atoms with Crippen LogP contribution >= 0.6 is 0 Å². The molecule has 0 amide bonds. The Morgan fingerprint density at radius 2 is 2.16 bits per heavy atom. The topological polar surface area (TPSA) is 58.6 Å². The van der Waals surface area contributed by atoms with E-state index < -0.39 is 24.6 Å². The summed E-state index contributed by atoms with van der Waals surface area (Å²) in [7, 11) is 1.48. The summed E-state index contributed by atoms with van der Waals surface area (Å²) in [6.45, 7) is -0.535. The average molecular weight is 277 g/mol. The van der Waals surface area contributed by atoms with Gasteiger partial charge in [0.2, 0.25) is 0 Å². The van der Waals surface area contributed by atoms with E-state index in [0.29, 0.717) is 11.3 Å². The van der Waals surface area contributed by atoms with Gasteiger partial charge in [-0.15, -0.1) is 0 Å². The Labute approximate surface area is 108 Å². The molecule has 0 aliphatic carbocycles. The van der Waals surface area contributed by atoms with Gasteiger partial charge in [0.1, 0.15) is 5.75 Å². The van der Waals surface area contributed by atoms with Gasteiger partial charge in [0.25, 0.3) is 0 Å². The fourth-order valence-corrected chi connectivity index (χ4v) is 1.49. The zero-order valence-corrected chi connectivity index (χ0v) is 10.2. The number of carbonyl (C=O) groups is 1. The minimum Gasteiger partial charge on any atom is -0.497 e. The highest BCUT2D eigenvalue weighted by Crippen LogP contribution is 2.26. The second kappa shape index (κ2) is 6.42. The van der Waals surface area contributed by atoms with E-state index in [1.165, 1.54) is 7.11 Å². The molecule has 0 radical (unpaired) electrons. The van der Waals surface area contributed by atoms with E-state index in [1.54, 1.807) is 24.3 Å². The molecule has 0 saturated heterocycles. The Bertz CT molecular complexity index is 434. The number of alkyl halides is 3. The summed E-state index contributed by atoms with van der Waals surface area (Å²) in [5.74, 6) is -3.70. The second-order valence-electron chi connectivity index (χ2n) is 3.91. The molecule has 0 saturated carbocycles. The number of carboxylic acids is 1. The Kier molecular flexibility index (Phi) is 5.17. The van der Waals surface area contributed by atoms with E-state index in [1.807, 2.05) is 0 Å². The van der Waals surface area contributed by atoms with Gasteiger partial charge in [-0.1, -0.05) is 12.1 Å². The maximum atomic E-state index is 12.4. The first-order chi connectivity index (χ1) is 8.84. The maximum absolute atomic E-state index is 12.4. The summed E-state index contributed by atoms with van der Waals surface area (Å²) in [6, 6.07) is 6.78. The first-order valence-corrected chi connectivity index (χ1v) is 5.47. The molecule has 0 bridgehead atoms. The average Bonchev–Trinajstić information content (AvgIpc) is 2.33. The summed E-state index contributed by atoms with van der Waals surface area (Å²) in [5, 5.41) is 11.0. The van der Waals surface area contributed by atoms with Crippen LogP contribution in [0.4, 0.5) is 13.2 Å². The summed E-state index contributed by atoms with van der Waals surface area (Å²) in [5.41, 5.74) is 0.714. The standard InChI is InChI=1S/C12H14F3NO3/c1-19-9-4-2-3-8(5-9)6-16-7-10(11(17)18)12(13,14)15/h2-5,10,16H,6-7H2,1H3,(H,17,18). The molecular weight excluding hydrogens is 263 g/mol. The first-order valence-electron chi connectivity index (χ1n) is 5.47. The van der Waals surface area contributed by atoms with Gasteiger partial charge in [0, 0.05) is 13.1 Å². The van der Waals surface area contributed by atoms with E-state index in [0.717, 1.165) is 0 Å². The number of hydrogen-bond donors (Lipinski definition) is 2. The summed E-state index contributed by atoms with van der Waals surface area (Å²) in [4.78, 5) is 10.5. The molecule has 106 valence electrons. The van der Waals surface area contributed by atoms with Gasteiger partial charge >= 0.3 is 12.1 Å². The Morgan fingerprint density at radius 1 is 1.47 bits per heavy atom. The number of nitrogens with one attached hydrogen (secondary N) is 1. The van der Waals surface area contributed by atoms with Crippen LogP contribution in [0.5, 0.6) is 5.75 Å². The Morgan fingerprint density at radius 3 is 2.68 bits per heavy atom. The predicted molar refractivity (Wildman–Crippen MR) is 61.9 cm³/mol. The highest BCUT2D eigenvalue weighted by atomic mass is 19.4. The van der Waals surface area contributed by atoms with E-state index in [2.05, 4.69) is 5.32 Å². The van der Waals surface area contributed by atoms with E-state index >= 15 is 0 Å². The van der Waals surface area contributed by atoms with E-state index in [9.17, 15) is 18.0 Å². The molecule has 1 aromatic carbocycles. The molecule has 2 N–H and O–H groups in total. The number of aliphatic carboxylic acids is 1. The van der Waals surface area contributed by atoms with Crippen LogP contribution in [0.15, 0.2) is 24.3 Å². The lowest BCUT2D eigenvalue weighted by atomic mass is 10.1. The van der Waals surface area contributed by atoms with Crippen LogP contribution < -0.4 is 10.1 Å². The van der Waals surface area contributed by atoms with E-state index in [-0.39, 0.29) is 6.54 Å². The van der Waals surface area contributed by atoms with Crippen molar-refractivity contribution in [3.63, 3.8) is 0 Å². The van der Waals surface area contributed by atoms with Crippen molar-refractivity contribution in [2.45, 2.75) is 12.7 Å². The lowest BCUT2D eigenvalue weighted by Crippen LogP contribution is -2.38. The third-order valence-electron chi connectivity index (χ3n) is 2.50. The number of ether oxygens (including phenoxy) is 1. The lowest BCUT2D eigenvalue weighted by Gasteiger charge is -2.16. The van der Waals surface area contributed by atoms with Crippen LogP contribution in [0, 0.1) is 5.92 Å². The maximum Gasteiger partial charge on any atom is 0.403 e. The molecule has 0 fully saturated rings. The van der Waals surface area contributed by atoms with Crippen molar-refractivity contribution in [1.29, 1.82) is 0 Å². The molecule has 4 nitrogen and oxygen atoms in total. The third-order valence-corrected chi connectivity index (χ3v) is 2.50. The predicted octanol–water partition coefficient (Wildman–Crippen LogP) is 2.05. The van der Waals surface area contributed by atoms with Gasteiger partial charge in [-0.05, 0) is 17.7 Å². The normalized spacial score (nSPS) is 13.1. The molecule has 19 heavy (non-hydrogen) atoms. The van der Waals surface area contributed by atoms with Crippen molar-refractivity contribution >= 4 is 5.97 Å². The molecule has 1 aromatic rings. The number of rotatable bonds is 6. The number of methoxy groups -OCH3 is 1. The van der Waals surface area contributed by atoms with Gasteiger partial charge in [0.05, 0.1) is 7.11 Å². The SMILES string of the molecule is COc1cccc(CNCC(C(=O)O)C(F)(F)F)c1. The smallest absolute Gasteiger partial charge is 0.403 e. The highest BCUT2D eigenvalue weighted by Gasteiger charge is 2.44. The van der Waals surface area contributed by atoms with Crippen LogP contribution in [-0.4, -0.2) is 30.9 Å². The summed E-state index contributed by atoms with van der Waals surface area (Å²) < 4.78 is 42.1. The number of carboxylic acid groups (broad SMARTS) is 1. The quantitative estimate of drug-likeness (QED) is 0.835. The molecule has 0 aromatic heterocycles. The second-order valence-corrected chi connectivity index (χ2v) is 3.91. The van der Waals surface area contributed by atoms with Crippen molar-refractivity contribution in [2.24, 2.45) is 5.92 Å². The first kappa shape index (κ1) is 15.3. The summed E-state index contributed by atoms with van der Waals surface area (Å²) in [6.07, 6.45) is -4.76. The highest BCUT2D eigenvalue weighted by molar-refractivity contribution is 5.71. The van der Waals surface area contributed by atoms with Crippen molar-refractivity contribution < 1.29 is 27.8 Å². The zero-order valence-electron chi connectivity index (χ0n) is 10.2. The molecule has 0 aliphatic rings. The molecule has 1 atom stereocenters. The molecule has 1 unspecified atom stereocenters. The minimum absolute atomic E-state index is 0.136. The van der Waals surface area contributed by atoms with Crippen molar-refractivity contribution in [1.82, 2.24) is 5.32 Å². The van der Waals surface area contributed by atoms with Crippen LogP contribution in [0.25, 0.3) is 0 Å². The molecule has 0 heterocycles. The van der Waals surface area contributed by atoms with Gasteiger partial charge in [-0.25, -0.2) is 0 Å². The lowest BCUT2D eigenvalue weighted by molar-refractivity contribution is -0.192. The van der Waals surface area contributed by atoms with Crippen LogP contribution in [0.3, 0.4) is 0 Å². The Balaban J connectivity index is 2.54. The number of benzene rings is 1. The number of halogens is 3. The monoisotopic (exact) mass is 277 g/mol. The van der Waals surface area contributed by atoms with Crippen molar-refractivity contribution in [2.75, 3.05) is 13.7 Å². The van der Waals surface area contributed by atoms with E-state index in [4.69, 9.17) is 9.84 Å². The van der Waals surface area contributed by atoms with Gasteiger partial charge < -0.3 is 15.2 Å². The third kappa shape index (κ3) is 4.78. The fraction of sp³-hybridized carbons (Fsp3) is 0.417. The zero-order chi connectivity index (χ0) is 14.5. The summed E-state index contributed by atoms with van der Waals surface area (Å²) >= 11 is 0. The molecule has 0 spiro atoms. The van der Waals surface area contributed by atoms with Crippen LogP contribution in [0.2, 0.25) is 0 Å². The van der Waals surface area contributed by atoms with Gasteiger partial charge in [-0.2, -0.15) is 13.2 Å². The van der Waals surface area contributed by atoms with Gasteiger partial charge in [-0.3, -0.25) is 4.79 Å². The number of hydrogen-bond acceptors (Lipinski definition) is 3. The molecule has 7 heteroatoms.